The molecule has 2 saturated heterocycles. The van der Waals surface area contributed by atoms with Gasteiger partial charge < -0.3 is 15.4 Å². The highest BCUT2D eigenvalue weighted by atomic mass is 16.5. The van der Waals surface area contributed by atoms with Crippen molar-refractivity contribution in [1.29, 1.82) is 0 Å². The topological polar surface area (TPSA) is 50.4 Å². The number of hydrogen-bond donors (Lipinski definition) is 2. The minimum absolute atomic E-state index is 0.0819. The molecule has 0 aromatic carbocycles. The number of amides is 1. The highest BCUT2D eigenvalue weighted by Crippen LogP contribution is 2.13. The van der Waals surface area contributed by atoms with Gasteiger partial charge in [0.1, 0.15) is 6.10 Å². The molecule has 4 heteroatoms. The summed E-state index contributed by atoms with van der Waals surface area (Å²) in [7, 11) is 0. The first-order valence-electron chi connectivity index (χ1n) is 5.49. The second-order valence-electron chi connectivity index (χ2n) is 4.05. The van der Waals surface area contributed by atoms with Crippen LogP contribution in [0.15, 0.2) is 0 Å². The minimum atomic E-state index is -0.190. The second-order valence-corrected chi connectivity index (χ2v) is 4.05. The summed E-state index contributed by atoms with van der Waals surface area (Å²) in [6.07, 6.45) is 3.93. The minimum Gasteiger partial charge on any atom is -0.368 e. The number of ether oxygens (including phenoxy) is 1. The first kappa shape index (κ1) is 9.93. The maximum Gasteiger partial charge on any atom is 0.249 e. The Hall–Kier alpha value is -0.610. The van der Waals surface area contributed by atoms with E-state index in [2.05, 4.69) is 10.6 Å². The molecule has 80 valence electrons. The van der Waals surface area contributed by atoms with Crippen molar-refractivity contribution in [3.8, 4) is 0 Å². The molecule has 14 heavy (non-hydrogen) atoms. The van der Waals surface area contributed by atoms with Gasteiger partial charge in [0.05, 0.1) is 0 Å². The van der Waals surface area contributed by atoms with Crippen LogP contribution in [-0.2, 0) is 9.53 Å². The molecule has 2 unspecified atom stereocenters. The lowest BCUT2D eigenvalue weighted by molar-refractivity contribution is -0.136. The average molecular weight is 198 g/mol. The monoisotopic (exact) mass is 198 g/mol. The van der Waals surface area contributed by atoms with Crippen LogP contribution in [0.3, 0.4) is 0 Å². The van der Waals surface area contributed by atoms with Crippen LogP contribution in [0.5, 0.6) is 0 Å². The first-order chi connectivity index (χ1) is 6.86. The van der Waals surface area contributed by atoms with Gasteiger partial charge in [-0.2, -0.15) is 0 Å². The summed E-state index contributed by atoms with van der Waals surface area (Å²) in [5, 5.41) is 6.25. The Bertz CT molecular complexity index is 196. The zero-order valence-electron chi connectivity index (χ0n) is 8.42. The summed E-state index contributed by atoms with van der Waals surface area (Å²) in [5.41, 5.74) is 0. The fourth-order valence-electron chi connectivity index (χ4n) is 2.02. The molecule has 0 spiro atoms. The quantitative estimate of drug-likeness (QED) is 0.658. The van der Waals surface area contributed by atoms with Gasteiger partial charge in [-0.15, -0.1) is 0 Å². The van der Waals surface area contributed by atoms with Gasteiger partial charge >= 0.3 is 0 Å². The van der Waals surface area contributed by atoms with Gasteiger partial charge in [0, 0.05) is 19.2 Å². The summed E-state index contributed by atoms with van der Waals surface area (Å²) >= 11 is 0. The van der Waals surface area contributed by atoms with Gasteiger partial charge in [0.2, 0.25) is 5.91 Å². The number of nitrogens with one attached hydrogen (secondary N) is 2. The van der Waals surface area contributed by atoms with E-state index < -0.39 is 0 Å². The molecule has 2 rings (SSSR count). The predicted octanol–water partition coefficient (Wildman–Crippen LogP) is 0.0336. The van der Waals surface area contributed by atoms with Crippen LogP contribution >= 0.6 is 0 Å². The van der Waals surface area contributed by atoms with Gasteiger partial charge in [-0.3, -0.25) is 4.79 Å². The normalized spacial score (nSPS) is 32.9. The molecule has 0 bridgehead atoms. The van der Waals surface area contributed by atoms with E-state index in [9.17, 15) is 4.79 Å². The summed E-state index contributed by atoms with van der Waals surface area (Å²) in [6, 6.07) is 0.313. The Labute approximate surface area is 84.4 Å². The average Bonchev–Trinajstić information content (AvgIpc) is 2.72. The summed E-state index contributed by atoms with van der Waals surface area (Å²) in [6.45, 7) is 2.65. The maximum atomic E-state index is 11.7. The van der Waals surface area contributed by atoms with Crippen molar-refractivity contribution < 1.29 is 9.53 Å². The Balaban J connectivity index is 1.75. The smallest absolute Gasteiger partial charge is 0.249 e. The van der Waals surface area contributed by atoms with Gasteiger partial charge in [-0.1, -0.05) is 0 Å². The third-order valence-electron chi connectivity index (χ3n) is 2.88. The lowest BCUT2D eigenvalue weighted by atomic mass is 10.1. The molecular weight excluding hydrogens is 180 g/mol. The number of carbonyl (C=O) groups excluding carboxylic acids is 1. The van der Waals surface area contributed by atoms with Gasteiger partial charge in [0.15, 0.2) is 0 Å². The van der Waals surface area contributed by atoms with E-state index in [4.69, 9.17) is 4.74 Å². The summed E-state index contributed by atoms with van der Waals surface area (Å²) in [4.78, 5) is 11.7. The summed E-state index contributed by atoms with van der Waals surface area (Å²) < 4.78 is 5.42. The van der Waals surface area contributed by atoms with Crippen LogP contribution in [0.1, 0.15) is 25.7 Å². The predicted molar refractivity (Wildman–Crippen MR) is 53.0 cm³/mol. The molecule has 0 aromatic rings. The molecule has 2 aliphatic heterocycles. The van der Waals surface area contributed by atoms with Gasteiger partial charge in [-0.25, -0.2) is 0 Å². The standard InChI is InChI=1S/C10H18N2O2/c13-10(9-3-1-2-6-14-9)12-8-4-5-11-7-8/h8-9,11H,1-7H2,(H,12,13). The Morgan fingerprint density at radius 1 is 1.36 bits per heavy atom. The van der Waals surface area contributed by atoms with Crippen LogP contribution in [0.4, 0.5) is 0 Å². The van der Waals surface area contributed by atoms with Crippen molar-refractivity contribution in [1.82, 2.24) is 10.6 Å². The van der Waals surface area contributed by atoms with Crippen molar-refractivity contribution in [3.05, 3.63) is 0 Å². The van der Waals surface area contributed by atoms with E-state index >= 15 is 0 Å². The van der Waals surface area contributed by atoms with E-state index in [0.717, 1.165) is 45.4 Å². The Kier molecular flexibility index (Phi) is 3.37. The molecule has 2 aliphatic rings. The fraction of sp³-hybridized carbons (Fsp3) is 0.900. The molecule has 0 aliphatic carbocycles. The number of hydrogen-bond acceptors (Lipinski definition) is 3. The molecule has 2 heterocycles. The Morgan fingerprint density at radius 2 is 2.29 bits per heavy atom. The van der Waals surface area contributed by atoms with Crippen LogP contribution in [-0.4, -0.2) is 37.7 Å². The van der Waals surface area contributed by atoms with Crippen molar-refractivity contribution >= 4 is 5.91 Å². The third-order valence-corrected chi connectivity index (χ3v) is 2.88. The van der Waals surface area contributed by atoms with E-state index in [-0.39, 0.29) is 12.0 Å². The molecule has 2 N–H and O–H groups in total. The lowest BCUT2D eigenvalue weighted by Crippen LogP contribution is -2.44. The number of rotatable bonds is 2. The highest BCUT2D eigenvalue weighted by Gasteiger charge is 2.25. The van der Waals surface area contributed by atoms with Gasteiger partial charge in [0.25, 0.3) is 0 Å². The molecular formula is C10H18N2O2. The largest absolute Gasteiger partial charge is 0.368 e. The molecule has 1 amide bonds. The van der Waals surface area contributed by atoms with Crippen LogP contribution in [0, 0.1) is 0 Å². The van der Waals surface area contributed by atoms with Gasteiger partial charge in [-0.05, 0) is 32.2 Å². The third kappa shape index (κ3) is 2.45. The van der Waals surface area contributed by atoms with Crippen molar-refractivity contribution in [2.75, 3.05) is 19.7 Å². The van der Waals surface area contributed by atoms with Crippen molar-refractivity contribution in [2.24, 2.45) is 0 Å². The van der Waals surface area contributed by atoms with Crippen LogP contribution in [0.2, 0.25) is 0 Å². The zero-order valence-corrected chi connectivity index (χ0v) is 8.42. The Morgan fingerprint density at radius 3 is 2.93 bits per heavy atom. The fourth-order valence-corrected chi connectivity index (χ4v) is 2.02. The number of carbonyl (C=O) groups is 1. The van der Waals surface area contributed by atoms with E-state index in [1.165, 1.54) is 0 Å². The van der Waals surface area contributed by atoms with E-state index in [1.807, 2.05) is 0 Å². The second kappa shape index (κ2) is 4.75. The SMILES string of the molecule is O=C(NC1CCNC1)C1CCCCO1. The van der Waals surface area contributed by atoms with Crippen LogP contribution < -0.4 is 10.6 Å². The van der Waals surface area contributed by atoms with Crippen molar-refractivity contribution in [2.45, 2.75) is 37.8 Å². The summed E-state index contributed by atoms with van der Waals surface area (Å²) in [5.74, 6) is 0.0819. The van der Waals surface area contributed by atoms with Crippen LogP contribution in [0.25, 0.3) is 0 Å². The zero-order chi connectivity index (χ0) is 9.80. The highest BCUT2D eigenvalue weighted by molar-refractivity contribution is 5.81. The van der Waals surface area contributed by atoms with Crippen molar-refractivity contribution in [3.63, 3.8) is 0 Å². The molecule has 0 saturated carbocycles. The molecule has 0 aromatic heterocycles. The van der Waals surface area contributed by atoms with E-state index in [0.29, 0.717) is 6.04 Å². The molecule has 2 fully saturated rings. The maximum absolute atomic E-state index is 11.7. The molecule has 4 nitrogen and oxygen atoms in total. The molecule has 2 atom stereocenters. The van der Waals surface area contributed by atoms with E-state index in [1.54, 1.807) is 0 Å². The molecule has 0 radical (unpaired) electrons. The lowest BCUT2D eigenvalue weighted by Gasteiger charge is -2.23. The first-order valence-corrected chi connectivity index (χ1v) is 5.49.